The minimum Gasteiger partial charge on any atom is -0.366 e. The molecule has 0 aliphatic carbocycles. The normalized spacial score (nSPS) is 13.7. The zero-order chi connectivity index (χ0) is 12.1. The summed E-state index contributed by atoms with van der Waals surface area (Å²) in [6.07, 6.45) is 0.817. The lowest BCUT2D eigenvalue weighted by Gasteiger charge is -2.23. The van der Waals surface area contributed by atoms with E-state index >= 15 is 0 Å². The number of hydrogen-bond donors (Lipinski definition) is 1. The molecule has 1 atom stereocenters. The van der Waals surface area contributed by atoms with Crippen molar-refractivity contribution in [3.8, 4) is 0 Å². The summed E-state index contributed by atoms with van der Waals surface area (Å²) in [6.45, 7) is 8.56. The van der Waals surface area contributed by atoms with E-state index in [1.807, 2.05) is 27.7 Å². The molecule has 0 aromatic heterocycles. The second-order valence-electron chi connectivity index (χ2n) is 4.98. The van der Waals surface area contributed by atoms with E-state index < -0.39 is 0 Å². The van der Waals surface area contributed by atoms with Gasteiger partial charge in [-0.25, -0.2) is 0 Å². The molecule has 0 aromatic carbocycles. The maximum absolute atomic E-state index is 11.6. The number of carbonyl (C=O) groups is 1. The molecule has 1 unspecified atom stereocenters. The van der Waals surface area contributed by atoms with Gasteiger partial charge in [0.15, 0.2) is 0 Å². The number of amides is 1. The summed E-state index contributed by atoms with van der Waals surface area (Å²) in [5.74, 6) is 0.00516. The number of ether oxygens (including phenoxy) is 1. The van der Waals surface area contributed by atoms with Crippen molar-refractivity contribution < 1.29 is 9.53 Å². The van der Waals surface area contributed by atoms with Crippen LogP contribution >= 0.6 is 0 Å². The third-order valence-electron chi connectivity index (χ3n) is 1.97. The molecule has 15 heavy (non-hydrogen) atoms. The molecule has 0 aliphatic heterocycles. The molecule has 1 amide bonds. The third-order valence-corrected chi connectivity index (χ3v) is 1.97. The molecule has 0 heterocycles. The third kappa shape index (κ3) is 8.39. The molecule has 4 nitrogen and oxygen atoms in total. The average molecular weight is 216 g/mol. The zero-order valence-electron chi connectivity index (χ0n) is 10.5. The highest BCUT2D eigenvalue weighted by Crippen LogP contribution is 2.06. The average Bonchev–Trinajstić information content (AvgIpc) is 2.08. The lowest BCUT2D eigenvalue weighted by atomic mass is 10.2. The molecule has 2 N–H and O–H groups in total. The van der Waals surface area contributed by atoms with Gasteiger partial charge in [-0.3, -0.25) is 4.79 Å². The van der Waals surface area contributed by atoms with Crippen molar-refractivity contribution in [2.45, 2.75) is 45.8 Å². The Hall–Kier alpha value is -0.610. The van der Waals surface area contributed by atoms with E-state index in [4.69, 9.17) is 10.5 Å². The fraction of sp³-hybridized carbons (Fsp3) is 0.909. The Labute approximate surface area is 92.8 Å². The van der Waals surface area contributed by atoms with Crippen LogP contribution in [-0.2, 0) is 9.53 Å². The van der Waals surface area contributed by atoms with Gasteiger partial charge in [0.05, 0.1) is 5.60 Å². The summed E-state index contributed by atoms with van der Waals surface area (Å²) in [5.41, 5.74) is 5.35. The number of hydrogen-bond acceptors (Lipinski definition) is 3. The van der Waals surface area contributed by atoms with Crippen molar-refractivity contribution in [3.63, 3.8) is 0 Å². The first kappa shape index (κ1) is 14.4. The van der Waals surface area contributed by atoms with Gasteiger partial charge in [0.2, 0.25) is 5.91 Å². The summed E-state index contributed by atoms with van der Waals surface area (Å²) in [6, 6.07) is 0.129. The van der Waals surface area contributed by atoms with Gasteiger partial charge in [0.25, 0.3) is 0 Å². The molecule has 0 saturated carbocycles. The Balaban J connectivity index is 3.80. The van der Waals surface area contributed by atoms with Crippen LogP contribution in [0, 0.1) is 0 Å². The fourth-order valence-electron chi connectivity index (χ4n) is 0.910. The van der Waals surface area contributed by atoms with E-state index in [1.165, 1.54) is 0 Å². The second-order valence-corrected chi connectivity index (χ2v) is 4.98. The van der Waals surface area contributed by atoms with E-state index in [9.17, 15) is 4.79 Å². The van der Waals surface area contributed by atoms with Gasteiger partial charge in [0.1, 0.15) is 6.61 Å². The molecule has 0 radical (unpaired) electrons. The van der Waals surface area contributed by atoms with Gasteiger partial charge in [-0.15, -0.1) is 0 Å². The first-order chi connectivity index (χ1) is 6.72. The van der Waals surface area contributed by atoms with Gasteiger partial charge in [-0.05, 0) is 34.1 Å². The SMILES string of the molecule is CC(N)CCN(C)C(=O)COC(C)(C)C. The summed E-state index contributed by atoms with van der Waals surface area (Å²) >= 11 is 0. The van der Waals surface area contributed by atoms with Crippen LogP contribution < -0.4 is 5.73 Å². The zero-order valence-corrected chi connectivity index (χ0v) is 10.5. The number of likely N-dealkylation sites (N-methyl/N-ethyl adjacent to an activating group) is 1. The van der Waals surface area contributed by atoms with Gasteiger partial charge in [-0.2, -0.15) is 0 Å². The Bertz CT molecular complexity index is 197. The number of carbonyl (C=O) groups excluding carboxylic acids is 1. The van der Waals surface area contributed by atoms with Crippen molar-refractivity contribution in [1.29, 1.82) is 0 Å². The first-order valence-electron chi connectivity index (χ1n) is 5.36. The molecule has 4 heteroatoms. The van der Waals surface area contributed by atoms with Crippen molar-refractivity contribution in [2.24, 2.45) is 5.73 Å². The molecular weight excluding hydrogens is 192 g/mol. The molecule has 0 aromatic rings. The Kier molecular flexibility index (Phi) is 5.83. The topological polar surface area (TPSA) is 55.6 Å². The van der Waals surface area contributed by atoms with Crippen molar-refractivity contribution in [2.75, 3.05) is 20.2 Å². The predicted molar refractivity (Wildman–Crippen MR) is 61.6 cm³/mol. The van der Waals surface area contributed by atoms with E-state index in [-0.39, 0.29) is 24.2 Å². The monoisotopic (exact) mass is 216 g/mol. The minimum absolute atomic E-state index is 0.00516. The van der Waals surface area contributed by atoms with Crippen LogP contribution in [0.15, 0.2) is 0 Å². The highest BCUT2D eigenvalue weighted by Gasteiger charge is 2.15. The number of nitrogens with two attached hydrogens (primary N) is 1. The van der Waals surface area contributed by atoms with E-state index in [2.05, 4.69) is 0 Å². The maximum atomic E-state index is 11.6. The van der Waals surface area contributed by atoms with Crippen LogP contribution in [-0.4, -0.2) is 42.6 Å². The van der Waals surface area contributed by atoms with Crippen LogP contribution in [0.4, 0.5) is 0 Å². The Morgan fingerprint density at radius 3 is 2.40 bits per heavy atom. The van der Waals surface area contributed by atoms with E-state index in [0.29, 0.717) is 6.54 Å². The summed E-state index contributed by atoms with van der Waals surface area (Å²) < 4.78 is 5.40. The van der Waals surface area contributed by atoms with Crippen LogP contribution in [0.3, 0.4) is 0 Å². The summed E-state index contributed by atoms with van der Waals surface area (Å²) in [7, 11) is 1.77. The van der Waals surface area contributed by atoms with Gasteiger partial charge in [0, 0.05) is 19.6 Å². The molecule has 90 valence electrons. The fourth-order valence-corrected chi connectivity index (χ4v) is 0.910. The second kappa shape index (κ2) is 6.08. The lowest BCUT2D eigenvalue weighted by Crippen LogP contribution is -2.36. The molecule has 0 rings (SSSR count). The molecular formula is C11H24N2O2. The molecule has 0 fully saturated rings. The van der Waals surface area contributed by atoms with Crippen LogP contribution in [0.2, 0.25) is 0 Å². The van der Waals surface area contributed by atoms with E-state index in [1.54, 1.807) is 11.9 Å². The first-order valence-corrected chi connectivity index (χ1v) is 5.36. The van der Waals surface area contributed by atoms with Gasteiger partial charge < -0.3 is 15.4 Å². The van der Waals surface area contributed by atoms with Crippen molar-refractivity contribution in [3.05, 3.63) is 0 Å². The standard InChI is InChI=1S/C11H24N2O2/c1-9(12)6-7-13(5)10(14)8-15-11(2,3)4/h9H,6-8,12H2,1-5H3. The van der Waals surface area contributed by atoms with Crippen molar-refractivity contribution >= 4 is 5.91 Å². The maximum Gasteiger partial charge on any atom is 0.248 e. The minimum atomic E-state index is -0.266. The van der Waals surface area contributed by atoms with Gasteiger partial charge >= 0.3 is 0 Å². The molecule has 0 aliphatic rings. The molecule has 0 spiro atoms. The lowest BCUT2D eigenvalue weighted by molar-refractivity contribution is -0.139. The van der Waals surface area contributed by atoms with Crippen LogP contribution in [0.1, 0.15) is 34.1 Å². The largest absolute Gasteiger partial charge is 0.366 e. The van der Waals surface area contributed by atoms with E-state index in [0.717, 1.165) is 6.42 Å². The predicted octanol–water partition coefficient (Wildman–Crippen LogP) is 0.997. The molecule has 0 bridgehead atoms. The Morgan fingerprint density at radius 2 is 2.00 bits per heavy atom. The van der Waals surface area contributed by atoms with Crippen LogP contribution in [0.25, 0.3) is 0 Å². The summed E-state index contributed by atoms with van der Waals surface area (Å²) in [4.78, 5) is 13.2. The Morgan fingerprint density at radius 1 is 1.47 bits per heavy atom. The summed E-state index contributed by atoms with van der Waals surface area (Å²) in [5, 5.41) is 0. The highest BCUT2D eigenvalue weighted by molar-refractivity contribution is 5.77. The van der Waals surface area contributed by atoms with Crippen LogP contribution in [0.5, 0.6) is 0 Å². The van der Waals surface area contributed by atoms with Crippen molar-refractivity contribution in [1.82, 2.24) is 4.90 Å². The quantitative estimate of drug-likeness (QED) is 0.746. The smallest absolute Gasteiger partial charge is 0.248 e. The van der Waals surface area contributed by atoms with Gasteiger partial charge in [-0.1, -0.05) is 0 Å². The highest BCUT2D eigenvalue weighted by atomic mass is 16.5. The molecule has 0 saturated heterocycles. The number of rotatable bonds is 5. The number of nitrogens with zero attached hydrogens (tertiary/aromatic N) is 1.